The molecule has 1 aromatic rings. The lowest BCUT2D eigenvalue weighted by molar-refractivity contribution is 0.100. The van der Waals surface area contributed by atoms with E-state index < -0.39 is 5.91 Å². The highest BCUT2D eigenvalue weighted by molar-refractivity contribution is 5.95. The van der Waals surface area contributed by atoms with E-state index in [0.29, 0.717) is 23.2 Å². The van der Waals surface area contributed by atoms with Crippen LogP contribution in [0.4, 0.5) is 11.4 Å². The van der Waals surface area contributed by atoms with Gasteiger partial charge in [0.25, 0.3) is 0 Å². The van der Waals surface area contributed by atoms with Crippen LogP contribution in [-0.4, -0.2) is 18.5 Å². The fourth-order valence-corrected chi connectivity index (χ4v) is 2.73. The average molecular weight is 247 g/mol. The Morgan fingerprint density at radius 3 is 2.78 bits per heavy atom. The first kappa shape index (κ1) is 12.7. The Labute approximate surface area is 108 Å². The van der Waals surface area contributed by atoms with Crippen LogP contribution in [0, 0.1) is 5.92 Å². The van der Waals surface area contributed by atoms with E-state index in [1.54, 1.807) is 12.1 Å². The average Bonchev–Trinajstić information content (AvgIpc) is 2.78. The number of carbonyl (C=O) groups excluding carboxylic acids is 1. The van der Waals surface area contributed by atoms with Crippen molar-refractivity contribution in [3.63, 3.8) is 0 Å². The second kappa shape index (κ2) is 4.88. The van der Waals surface area contributed by atoms with Crippen molar-refractivity contribution < 1.29 is 4.79 Å². The molecule has 4 N–H and O–H groups in total. The zero-order valence-electron chi connectivity index (χ0n) is 11.0. The van der Waals surface area contributed by atoms with Gasteiger partial charge in [0.1, 0.15) is 0 Å². The summed E-state index contributed by atoms with van der Waals surface area (Å²) in [6, 6.07) is 5.76. The van der Waals surface area contributed by atoms with E-state index in [1.165, 1.54) is 12.8 Å². The number of anilines is 2. The van der Waals surface area contributed by atoms with Gasteiger partial charge in [-0.05, 0) is 37.0 Å². The third-order valence-electron chi connectivity index (χ3n) is 3.69. The zero-order valence-corrected chi connectivity index (χ0v) is 11.0. The van der Waals surface area contributed by atoms with E-state index in [0.717, 1.165) is 12.2 Å². The van der Waals surface area contributed by atoms with Gasteiger partial charge in [0.05, 0.1) is 11.4 Å². The summed E-state index contributed by atoms with van der Waals surface area (Å²) >= 11 is 0. The maximum atomic E-state index is 11.3. The van der Waals surface area contributed by atoms with Crippen molar-refractivity contribution in [1.29, 1.82) is 0 Å². The first-order valence-corrected chi connectivity index (χ1v) is 6.46. The van der Waals surface area contributed by atoms with Gasteiger partial charge in [-0.1, -0.05) is 13.8 Å². The molecule has 1 aliphatic rings. The van der Waals surface area contributed by atoms with E-state index in [9.17, 15) is 4.79 Å². The summed E-state index contributed by atoms with van der Waals surface area (Å²) in [5, 5.41) is 0. The summed E-state index contributed by atoms with van der Waals surface area (Å²) < 4.78 is 0. The quantitative estimate of drug-likeness (QED) is 0.802. The Morgan fingerprint density at radius 1 is 1.44 bits per heavy atom. The predicted octanol–water partition coefficient (Wildman–Crippen LogP) is 1.99. The summed E-state index contributed by atoms with van der Waals surface area (Å²) in [5.41, 5.74) is 13.5. The second-order valence-electron chi connectivity index (χ2n) is 5.28. The predicted molar refractivity (Wildman–Crippen MR) is 74.6 cm³/mol. The maximum absolute atomic E-state index is 11.3. The molecule has 0 radical (unpaired) electrons. The van der Waals surface area contributed by atoms with Gasteiger partial charge in [0.15, 0.2) is 0 Å². The summed E-state index contributed by atoms with van der Waals surface area (Å²) in [4.78, 5) is 13.6. The number of hydrogen-bond acceptors (Lipinski definition) is 3. The Bertz CT molecular complexity index is 456. The molecule has 0 aromatic heterocycles. The van der Waals surface area contributed by atoms with Gasteiger partial charge < -0.3 is 16.4 Å². The smallest absolute Gasteiger partial charge is 0.248 e. The molecule has 2 rings (SSSR count). The Hall–Kier alpha value is -1.71. The lowest BCUT2D eigenvalue weighted by Crippen LogP contribution is -2.34. The third kappa shape index (κ3) is 2.28. The molecule has 0 saturated carbocycles. The minimum Gasteiger partial charge on any atom is -0.397 e. The van der Waals surface area contributed by atoms with Crippen LogP contribution in [0.2, 0.25) is 0 Å². The topological polar surface area (TPSA) is 72.3 Å². The SMILES string of the molecule is CC(C)C1CCCN1c1cc(C(N)=O)ccc1N. The summed E-state index contributed by atoms with van der Waals surface area (Å²) in [6.07, 6.45) is 2.35. The minimum absolute atomic E-state index is 0.406. The Kier molecular flexibility index (Phi) is 3.45. The van der Waals surface area contributed by atoms with Crippen LogP contribution in [0.15, 0.2) is 18.2 Å². The second-order valence-corrected chi connectivity index (χ2v) is 5.28. The number of rotatable bonds is 3. The van der Waals surface area contributed by atoms with Gasteiger partial charge in [0.2, 0.25) is 5.91 Å². The van der Waals surface area contributed by atoms with E-state index >= 15 is 0 Å². The van der Waals surface area contributed by atoms with Gasteiger partial charge in [-0.3, -0.25) is 4.79 Å². The van der Waals surface area contributed by atoms with Crippen LogP contribution in [-0.2, 0) is 0 Å². The first-order chi connectivity index (χ1) is 8.50. The molecule has 1 heterocycles. The largest absolute Gasteiger partial charge is 0.397 e. The van der Waals surface area contributed by atoms with Gasteiger partial charge >= 0.3 is 0 Å². The van der Waals surface area contributed by atoms with Crippen molar-refractivity contribution in [3.05, 3.63) is 23.8 Å². The molecule has 1 aliphatic heterocycles. The van der Waals surface area contributed by atoms with Crippen molar-refractivity contribution in [1.82, 2.24) is 0 Å². The molecular weight excluding hydrogens is 226 g/mol. The van der Waals surface area contributed by atoms with Crippen LogP contribution in [0.5, 0.6) is 0 Å². The van der Waals surface area contributed by atoms with E-state index in [-0.39, 0.29) is 0 Å². The van der Waals surface area contributed by atoms with Gasteiger partial charge in [-0.15, -0.1) is 0 Å². The van der Waals surface area contributed by atoms with E-state index in [4.69, 9.17) is 11.5 Å². The van der Waals surface area contributed by atoms with Gasteiger partial charge in [0, 0.05) is 18.2 Å². The molecule has 18 heavy (non-hydrogen) atoms. The highest BCUT2D eigenvalue weighted by Gasteiger charge is 2.28. The number of nitrogen functional groups attached to an aromatic ring is 1. The normalized spacial score (nSPS) is 19.5. The van der Waals surface area contributed by atoms with Crippen LogP contribution >= 0.6 is 0 Å². The van der Waals surface area contributed by atoms with E-state index in [2.05, 4.69) is 18.7 Å². The molecule has 4 nitrogen and oxygen atoms in total. The molecule has 0 bridgehead atoms. The number of nitrogens with two attached hydrogens (primary N) is 2. The standard InChI is InChI=1S/C14H21N3O/c1-9(2)12-4-3-7-17(12)13-8-10(14(16)18)5-6-11(13)15/h5-6,8-9,12H,3-4,7,15H2,1-2H3,(H2,16,18). The van der Waals surface area contributed by atoms with Crippen molar-refractivity contribution in [2.45, 2.75) is 32.7 Å². The molecule has 0 spiro atoms. The molecule has 98 valence electrons. The van der Waals surface area contributed by atoms with Crippen molar-refractivity contribution in [2.24, 2.45) is 11.7 Å². The fourth-order valence-electron chi connectivity index (χ4n) is 2.73. The molecule has 1 fully saturated rings. The molecule has 0 aliphatic carbocycles. The van der Waals surface area contributed by atoms with Crippen LogP contribution in [0.25, 0.3) is 0 Å². The fraction of sp³-hybridized carbons (Fsp3) is 0.500. The molecule has 4 heteroatoms. The number of nitrogens with zero attached hydrogens (tertiary/aromatic N) is 1. The summed E-state index contributed by atoms with van der Waals surface area (Å²) in [7, 11) is 0. The number of hydrogen-bond donors (Lipinski definition) is 2. The van der Waals surface area contributed by atoms with Crippen LogP contribution < -0.4 is 16.4 Å². The van der Waals surface area contributed by atoms with Crippen molar-refractivity contribution >= 4 is 17.3 Å². The molecule has 1 aromatic carbocycles. The van der Waals surface area contributed by atoms with E-state index in [1.807, 2.05) is 6.07 Å². The molecule has 1 atom stereocenters. The van der Waals surface area contributed by atoms with Crippen LogP contribution in [0.1, 0.15) is 37.0 Å². The van der Waals surface area contributed by atoms with Crippen LogP contribution in [0.3, 0.4) is 0 Å². The van der Waals surface area contributed by atoms with Gasteiger partial charge in [-0.2, -0.15) is 0 Å². The van der Waals surface area contributed by atoms with Gasteiger partial charge in [-0.25, -0.2) is 0 Å². The molecule has 1 amide bonds. The maximum Gasteiger partial charge on any atom is 0.248 e. The monoisotopic (exact) mass is 247 g/mol. The number of benzene rings is 1. The Balaban J connectivity index is 2.37. The summed E-state index contributed by atoms with van der Waals surface area (Å²) in [6.45, 7) is 5.43. The lowest BCUT2D eigenvalue weighted by Gasteiger charge is -2.31. The molecular formula is C14H21N3O. The molecule has 1 unspecified atom stereocenters. The Morgan fingerprint density at radius 2 is 2.17 bits per heavy atom. The highest BCUT2D eigenvalue weighted by atomic mass is 16.1. The number of primary amides is 1. The highest BCUT2D eigenvalue weighted by Crippen LogP contribution is 2.33. The molecule has 1 saturated heterocycles. The summed E-state index contributed by atoms with van der Waals surface area (Å²) in [5.74, 6) is 0.167. The zero-order chi connectivity index (χ0) is 13.3. The minimum atomic E-state index is -0.406. The number of amides is 1. The van der Waals surface area contributed by atoms with Crippen molar-refractivity contribution in [3.8, 4) is 0 Å². The number of carbonyl (C=O) groups is 1. The van der Waals surface area contributed by atoms with Crippen molar-refractivity contribution in [2.75, 3.05) is 17.2 Å². The lowest BCUT2D eigenvalue weighted by atomic mass is 10.0. The first-order valence-electron chi connectivity index (χ1n) is 6.46. The third-order valence-corrected chi connectivity index (χ3v) is 3.69.